The van der Waals surface area contributed by atoms with E-state index in [-0.39, 0.29) is 6.61 Å². The zero-order valence-electron chi connectivity index (χ0n) is 7.44. The highest BCUT2D eigenvalue weighted by molar-refractivity contribution is 5.13. The molecule has 70 valence electrons. The van der Waals surface area contributed by atoms with Crippen LogP contribution in [-0.2, 0) is 4.74 Å². The first-order chi connectivity index (χ1) is 5.45. The van der Waals surface area contributed by atoms with Gasteiger partial charge in [-0.3, -0.25) is 0 Å². The summed E-state index contributed by atoms with van der Waals surface area (Å²) in [6, 6.07) is 0. The molecule has 0 bridgehead atoms. The van der Waals surface area contributed by atoms with Crippen LogP contribution in [0.15, 0.2) is 24.3 Å². The second kappa shape index (κ2) is 5.04. The molecule has 0 radical (unpaired) electrons. The van der Waals surface area contributed by atoms with Gasteiger partial charge in [0.1, 0.15) is 6.61 Å². The molecule has 0 heterocycles. The van der Waals surface area contributed by atoms with Crippen molar-refractivity contribution >= 4 is 0 Å². The average Bonchev–Trinajstić information content (AvgIpc) is 1.84. The molecule has 0 amide bonds. The molecular weight excluding hydrogens is 162 g/mol. The zero-order valence-corrected chi connectivity index (χ0v) is 7.44. The lowest BCUT2D eigenvalue weighted by atomic mass is 10.3. The van der Waals surface area contributed by atoms with E-state index in [2.05, 4.69) is 6.58 Å². The van der Waals surface area contributed by atoms with E-state index in [4.69, 9.17) is 4.74 Å². The Kier molecular flexibility index (Phi) is 4.74. The maximum absolute atomic E-state index is 12.2. The first-order valence-electron chi connectivity index (χ1n) is 3.72. The number of halogens is 2. The van der Waals surface area contributed by atoms with Gasteiger partial charge in [-0.15, -0.1) is 0 Å². The van der Waals surface area contributed by atoms with Gasteiger partial charge in [0.2, 0.25) is 0 Å². The molecule has 1 nitrogen and oxygen atoms in total. The molecule has 0 rings (SSSR count). The minimum atomic E-state index is -2.75. The van der Waals surface area contributed by atoms with Crippen LogP contribution in [0.1, 0.15) is 13.8 Å². The molecular formula is C9H14F2O. The molecule has 0 aliphatic rings. The van der Waals surface area contributed by atoms with Crippen LogP contribution in [0.25, 0.3) is 0 Å². The Hall–Kier alpha value is -0.700. The summed E-state index contributed by atoms with van der Waals surface area (Å²) in [5.74, 6) is -2.75. The van der Waals surface area contributed by atoms with Crippen molar-refractivity contribution in [2.24, 2.45) is 0 Å². The quantitative estimate of drug-likeness (QED) is 0.585. The van der Waals surface area contributed by atoms with Crippen molar-refractivity contribution in [1.82, 2.24) is 0 Å². The Morgan fingerprint density at radius 3 is 2.58 bits per heavy atom. The van der Waals surface area contributed by atoms with Gasteiger partial charge in [0.25, 0.3) is 5.92 Å². The minimum absolute atomic E-state index is 0.160. The summed E-state index contributed by atoms with van der Waals surface area (Å²) in [6.07, 6.45) is 3.52. The maximum Gasteiger partial charge on any atom is 0.268 e. The minimum Gasteiger partial charge on any atom is -0.371 e. The number of ether oxygens (including phenoxy) is 1. The third kappa shape index (κ3) is 7.41. The lowest BCUT2D eigenvalue weighted by molar-refractivity contribution is -0.0569. The fraction of sp³-hybridized carbons (Fsp3) is 0.556. The molecule has 12 heavy (non-hydrogen) atoms. The van der Waals surface area contributed by atoms with Crippen molar-refractivity contribution < 1.29 is 13.5 Å². The predicted molar refractivity (Wildman–Crippen MR) is 45.4 cm³/mol. The number of alkyl halides is 2. The van der Waals surface area contributed by atoms with Crippen LogP contribution in [0.4, 0.5) is 8.78 Å². The largest absolute Gasteiger partial charge is 0.371 e. The number of hydrogen-bond donors (Lipinski definition) is 0. The fourth-order valence-electron chi connectivity index (χ4n) is 0.645. The Labute approximate surface area is 71.7 Å². The lowest BCUT2D eigenvalue weighted by Gasteiger charge is -2.10. The van der Waals surface area contributed by atoms with Crippen LogP contribution < -0.4 is 0 Å². The summed E-state index contributed by atoms with van der Waals surface area (Å²) in [7, 11) is 0. The van der Waals surface area contributed by atoms with E-state index >= 15 is 0 Å². The van der Waals surface area contributed by atoms with Crippen LogP contribution >= 0.6 is 0 Å². The van der Waals surface area contributed by atoms with Gasteiger partial charge in [0.05, 0.1) is 6.61 Å². The Morgan fingerprint density at radius 2 is 2.17 bits per heavy atom. The van der Waals surface area contributed by atoms with Gasteiger partial charge in [-0.2, -0.15) is 0 Å². The Bertz CT molecular complexity index is 168. The van der Waals surface area contributed by atoms with Gasteiger partial charge >= 0.3 is 0 Å². The zero-order chi connectivity index (χ0) is 9.61. The molecule has 0 atom stereocenters. The highest BCUT2D eigenvalue weighted by Gasteiger charge is 2.20. The third-order valence-electron chi connectivity index (χ3n) is 1.05. The van der Waals surface area contributed by atoms with Gasteiger partial charge in [0.15, 0.2) is 0 Å². The summed E-state index contributed by atoms with van der Waals surface area (Å²) in [6.45, 7) is 5.87. The van der Waals surface area contributed by atoms with Gasteiger partial charge in [0, 0.05) is 6.92 Å². The summed E-state index contributed by atoms with van der Waals surface area (Å²) < 4.78 is 29.1. The fourth-order valence-corrected chi connectivity index (χ4v) is 0.645. The summed E-state index contributed by atoms with van der Waals surface area (Å²) in [5.41, 5.74) is 0.696. The molecule has 0 fully saturated rings. The van der Waals surface area contributed by atoms with Crippen molar-refractivity contribution in [3.05, 3.63) is 24.3 Å². The molecule has 0 aromatic heterocycles. The van der Waals surface area contributed by atoms with Crippen molar-refractivity contribution in [3.8, 4) is 0 Å². The van der Waals surface area contributed by atoms with E-state index in [0.717, 1.165) is 6.92 Å². The SMILES string of the molecule is C=C(/C=C\C)COCC(C)(F)F. The first kappa shape index (κ1) is 11.3. The van der Waals surface area contributed by atoms with E-state index in [1.807, 2.05) is 6.92 Å². The van der Waals surface area contributed by atoms with E-state index < -0.39 is 12.5 Å². The molecule has 0 spiro atoms. The number of allylic oxidation sites excluding steroid dienone is 1. The molecule has 0 aromatic rings. The van der Waals surface area contributed by atoms with Crippen LogP contribution in [0, 0.1) is 0 Å². The van der Waals surface area contributed by atoms with Crippen molar-refractivity contribution in [3.63, 3.8) is 0 Å². The van der Waals surface area contributed by atoms with Gasteiger partial charge in [-0.05, 0) is 12.5 Å². The summed E-state index contributed by atoms with van der Waals surface area (Å²) >= 11 is 0. The normalized spacial score (nSPS) is 12.3. The maximum atomic E-state index is 12.2. The summed E-state index contributed by atoms with van der Waals surface area (Å²) in [5, 5.41) is 0. The lowest BCUT2D eigenvalue weighted by Crippen LogP contribution is -2.19. The predicted octanol–water partition coefficient (Wildman–Crippen LogP) is 2.79. The molecule has 3 heteroatoms. The van der Waals surface area contributed by atoms with E-state index in [1.165, 1.54) is 0 Å². The molecule has 0 unspecified atom stereocenters. The Balaban J connectivity index is 3.51. The van der Waals surface area contributed by atoms with Crippen molar-refractivity contribution in [2.45, 2.75) is 19.8 Å². The highest BCUT2D eigenvalue weighted by Crippen LogP contribution is 2.11. The van der Waals surface area contributed by atoms with Crippen LogP contribution in [0.3, 0.4) is 0 Å². The van der Waals surface area contributed by atoms with Crippen molar-refractivity contribution in [2.75, 3.05) is 13.2 Å². The summed E-state index contributed by atoms with van der Waals surface area (Å²) in [4.78, 5) is 0. The second-order valence-corrected chi connectivity index (χ2v) is 2.72. The number of hydrogen-bond acceptors (Lipinski definition) is 1. The molecule has 0 aliphatic heterocycles. The molecule has 0 aromatic carbocycles. The second-order valence-electron chi connectivity index (χ2n) is 2.72. The van der Waals surface area contributed by atoms with Gasteiger partial charge in [-0.25, -0.2) is 8.78 Å². The molecule has 0 saturated heterocycles. The topological polar surface area (TPSA) is 9.23 Å². The molecule has 0 N–H and O–H groups in total. The molecule has 0 saturated carbocycles. The highest BCUT2D eigenvalue weighted by atomic mass is 19.3. The first-order valence-corrected chi connectivity index (χ1v) is 3.72. The van der Waals surface area contributed by atoms with Crippen LogP contribution in [0.2, 0.25) is 0 Å². The van der Waals surface area contributed by atoms with Crippen LogP contribution in [-0.4, -0.2) is 19.1 Å². The molecule has 0 aliphatic carbocycles. The average molecular weight is 176 g/mol. The van der Waals surface area contributed by atoms with E-state index in [9.17, 15) is 8.78 Å². The monoisotopic (exact) mass is 176 g/mol. The van der Waals surface area contributed by atoms with Crippen molar-refractivity contribution in [1.29, 1.82) is 0 Å². The standard InChI is InChI=1S/C9H14F2O/c1-4-5-8(2)6-12-7-9(3,10)11/h4-5H,2,6-7H2,1,3H3/b5-4-. The van der Waals surface area contributed by atoms with Crippen LogP contribution in [0.5, 0.6) is 0 Å². The number of rotatable bonds is 5. The van der Waals surface area contributed by atoms with E-state index in [1.54, 1.807) is 12.2 Å². The van der Waals surface area contributed by atoms with Gasteiger partial charge in [-0.1, -0.05) is 18.7 Å². The van der Waals surface area contributed by atoms with E-state index in [0.29, 0.717) is 5.57 Å². The third-order valence-corrected chi connectivity index (χ3v) is 1.05. The smallest absolute Gasteiger partial charge is 0.268 e. The van der Waals surface area contributed by atoms with Gasteiger partial charge < -0.3 is 4.74 Å². The Morgan fingerprint density at radius 1 is 1.58 bits per heavy atom.